The maximum absolute atomic E-state index is 12.9. The summed E-state index contributed by atoms with van der Waals surface area (Å²) in [6, 6.07) is 14.4. The molecular weight excluding hydrogens is 452 g/mol. The van der Waals surface area contributed by atoms with Gasteiger partial charge in [-0.1, -0.05) is 45.8 Å². The van der Waals surface area contributed by atoms with Crippen LogP contribution in [0.5, 0.6) is 0 Å². The number of rotatable bonds is 6. The van der Waals surface area contributed by atoms with Crippen LogP contribution in [0.15, 0.2) is 57.9 Å². The molecule has 0 radical (unpaired) electrons. The van der Waals surface area contributed by atoms with Crippen molar-refractivity contribution >= 4 is 38.4 Å². The predicted octanol–water partition coefficient (Wildman–Crippen LogP) is 3.53. The number of hydrogen-bond acceptors (Lipinski definition) is 4. The highest BCUT2D eigenvalue weighted by atomic mass is 79.9. The Bertz CT molecular complexity index is 823. The van der Waals surface area contributed by atoms with E-state index in [0.29, 0.717) is 19.8 Å². The standard InChI is InChI=1S/C19H23BrN2O3S.ClH/c1-15-2-4-16(5-3-15)19(14-22-10-12-25-13-11-22)21-26(23,24)18-8-6-17(20)7-9-18;/h2-9,19,21H,10-14H2,1H3;1H. The van der Waals surface area contributed by atoms with Gasteiger partial charge in [0.25, 0.3) is 0 Å². The molecule has 0 spiro atoms. The number of sulfonamides is 1. The first-order chi connectivity index (χ1) is 12.4. The number of hydrogen-bond donors (Lipinski definition) is 1. The summed E-state index contributed by atoms with van der Waals surface area (Å²) in [7, 11) is -3.61. The van der Waals surface area contributed by atoms with Gasteiger partial charge in [0, 0.05) is 24.1 Å². The second kappa shape index (κ2) is 10.0. The Balaban J connectivity index is 0.00000261. The van der Waals surface area contributed by atoms with Crippen molar-refractivity contribution in [3.8, 4) is 0 Å². The fraction of sp³-hybridized carbons (Fsp3) is 0.368. The molecule has 1 heterocycles. The average Bonchev–Trinajstić information content (AvgIpc) is 2.63. The minimum atomic E-state index is -3.61. The number of nitrogens with one attached hydrogen (secondary N) is 1. The number of aryl methyl sites for hydroxylation is 1. The molecule has 1 unspecified atom stereocenters. The van der Waals surface area contributed by atoms with Crippen molar-refractivity contribution in [2.45, 2.75) is 17.9 Å². The largest absolute Gasteiger partial charge is 0.379 e. The second-order valence-corrected chi connectivity index (χ2v) is 9.08. The minimum Gasteiger partial charge on any atom is -0.379 e. The van der Waals surface area contributed by atoms with E-state index in [1.54, 1.807) is 24.3 Å². The van der Waals surface area contributed by atoms with Gasteiger partial charge in [0.2, 0.25) is 10.0 Å². The maximum atomic E-state index is 12.9. The lowest BCUT2D eigenvalue weighted by atomic mass is 10.1. The van der Waals surface area contributed by atoms with Crippen molar-refractivity contribution in [3.63, 3.8) is 0 Å². The van der Waals surface area contributed by atoms with E-state index in [2.05, 4.69) is 25.6 Å². The number of morpholine rings is 1. The Kier molecular flexibility index (Phi) is 8.27. The number of halogens is 2. The SMILES string of the molecule is Cc1ccc(C(CN2CCOCC2)NS(=O)(=O)c2ccc(Br)cc2)cc1.Cl. The fourth-order valence-electron chi connectivity index (χ4n) is 2.92. The zero-order valence-electron chi connectivity index (χ0n) is 15.1. The third kappa shape index (κ3) is 6.27. The Morgan fingerprint density at radius 1 is 1.07 bits per heavy atom. The lowest BCUT2D eigenvalue weighted by Gasteiger charge is -2.31. The first-order valence-electron chi connectivity index (χ1n) is 8.58. The Hall–Kier alpha value is -0.960. The van der Waals surface area contributed by atoms with Crippen molar-refractivity contribution in [2.24, 2.45) is 0 Å². The molecule has 1 aliphatic rings. The summed E-state index contributed by atoms with van der Waals surface area (Å²) in [5, 5.41) is 0. The van der Waals surface area contributed by atoms with Crippen LogP contribution in [0.1, 0.15) is 17.2 Å². The smallest absolute Gasteiger partial charge is 0.241 e. The van der Waals surface area contributed by atoms with Crippen LogP contribution < -0.4 is 4.72 Å². The Morgan fingerprint density at radius 3 is 2.26 bits per heavy atom. The topological polar surface area (TPSA) is 58.6 Å². The molecule has 0 amide bonds. The highest BCUT2D eigenvalue weighted by molar-refractivity contribution is 9.10. The molecule has 1 saturated heterocycles. The van der Waals surface area contributed by atoms with Crippen molar-refractivity contribution < 1.29 is 13.2 Å². The summed E-state index contributed by atoms with van der Waals surface area (Å²) in [6.45, 7) is 5.61. The monoisotopic (exact) mass is 474 g/mol. The minimum absolute atomic E-state index is 0. The van der Waals surface area contributed by atoms with Crippen molar-refractivity contribution in [1.82, 2.24) is 9.62 Å². The van der Waals surface area contributed by atoms with E-state index in [-0.39, 0.29) is 23.3 Å². The second-order valence-electron chi connectivity index (χ2n) is 6.45. The van der Waals surface area contributed by atoms with Crippen molar-refractivity contribution in [1.29, 1.82) is 0 Å². The van der Waals surface area contributed by atoms with Gasteiger partial charge in [-0.05, 0) is 36.8 Å². The summed E-state index contributed by atoms with van der Waals surface area (Å²) in [6.07, 6.45) is 0. The summed E-state index contributed by atoms with van der Waals surface area (Å²) < 4.78 is 34.9. The van der Waals surface area contributed by atoms with Gasteiger partial charge in [-0.3, -0.25) is 4.90 Å². The van der Waals surface area contributed by atoms with Gasteiger partial charge >= 0.3 is 0 Å². The molecule has 8 heteroatoms. The first-order valence-corrected chi connectivity index (χ1v) is 10.9. The molecule has 3 rings (SSSR count). The molecule has 1 atom stereocenters. The lowest BCUT2D eigenvalue weighted by molar-refractivity contribution is 0.0345. The molecule has 1 aliphatic heterocycles. The van der Waals surface area contributed by atoms with E-state index < -0.39 is 10.0 Å². The third-order valence-electron chi connectivity index (χ3n) is 4.45. The van der Waals surface area contributed by atoms with Gasteiger partial charge in [0.05, 0.1) is 24.2 Å². The van der Waals surface area contributed by atoms with Crippen molar-refractivity contribution in [2.75, 3.05) is 32.8 Å². The van der Waals surface area contributed by atoms with E-state index >= 15 is 0 Å². The van der Waals surface area contributed by atoms with Crippen LogP contribution >= 0.6 is 28.3 Å². The molecule has 1 N–H and O–H groups in total. The number of nitrogens with zero attached hydrogens (tertiary/aromatic N) is 1. The van der Waals surface area contributed by atoms with Gasteiger partial charge in [0.15, 0.2) is 0 Å². The molecule has 0 aliphatic carbocycles. The van der Waals surface area contributed by atoms with Crippen LogP contribution in [-0.2, 0) is 14.8 Å². The Morgan fingerprint density at radius 2 is 1.67 bits per heavy atom. The van der Waals surface area contributed by atoms with Gasteiger partial charge < -0.3 is 4.74 Å². The number of benzene rings is 2. The molecule has 5 nitrogen and oxygen atoms in total. The maximum Gasteiger partial charge on any atom is 0.241 e. The van der Waals surface area contributed by atoms with Gasteiger partial charge in [-0.25, -0.2) is 13.1 Å². The van der Waals surface area contributed by atoms with Crippen LogP contribution in [0.25, 0.3) is 0 Å². The van der Waals surface area contributed by atoms with Gasteiger partial charge in [0.1, 0.15) is 0 Å². The summed E-state index contributed by atoms with van der Waals surface area (Å²) in [5.74, 6) is 0. The summed E-state index contributed by atoms with van der Waals surface area (Å²) >= 11 is 3.34. The van der Waals surface area contributed by atoms with Gasteiger partial charge in [-0.2, -0.15) is 0 Å². The molecule has 1 fully saturated rings. The quantitative estimate of drug-likeness (QED) is 0.694. The van der Waals surface area contributed by atoms with Crippen molar-refractivity contribution in [3.05, 3.63) is 64.1 Å². The summed E-state index contributed by atoms with van der Waals surface area (Å²) in [5.41, 5.74) is 2.11. The number of ether oxygens (including phenoxy) is 1. The van der Waals surface area contributed by atoms with E-state index in [1.807, 2.05) is 31.2 Å². The normalized spacial score (nSPS) is 16.5. The van der Waals surface area contributed by atoms with Gasteiger partial charge in [-0.15, -0.1) is 12.4 Å². The molecule has 2 aromatic rings. The third-order valence-corrected chi connectivity index (χ3v) is 6.46. The molecule has 27 heavy (non-hydrogen) atoms. The van der Waals surface area contributed by atoms with Crippen LogP contribution in [0.3, 0.4) is 0 Å². The van der Waals surface area contributed by atoms with Crippen LogP contribution in [0, 0.1) is 6.92 Å². The highest BCUT2D eigenvalue weighted by Crippen LogP contribution is 2.21. The molecule has 2 aromatic carbocycles. The molecular formula is C19H24BrClN2O3S. The first kappa shape index (κ1) is 22.3. The molecule has 0 bridgehead atoms. The summed E-state index contributed by atoms with van der Waals surface area (Å²) in [4.78, 5) is 2.50. The lowest BCUT2D eigenvalue weighted by Crippen LogP contribution is -2.43. The molecule has 148 valence electrons. The zero-order chi connectivity index (χ0) is 18.6. The fourth-order valence-corrected chi connectivity index (χ4v) is 4.40. The molecule has 0 aromatic heterocycles. The van der Waals surface area contributed by atoms with Crippen LogP contribution in [-0.4, -0.2) is 46.2 Å². The molecule has 0 saturated carbocycles. The van der Waals surface area contributed by atoms with E-state index in [0.717, 1.165) is 28.7 Å². The average molecular weight is 476 g/mol. The van der Waals surface area contributed by atoms with E-state index in [9.17, 15) is 8.42 Å². The van der Waals surface area contributed by atoms with Crippen LogP contribution in [0.2, 0.25) is 0 Å². The van der Waals surface area contributed by atoms with Crippen LogP contribution in [0.4, 0.5) is 0 Å². The predicted molar refractivity (Wildman–Crippen MR) is 113 cm³/mol. The zero-order valence-corrected chi connectivity index (χ0v) is 18.3. The van der Waals surface area contributed by atoms with E-state index in [1.165, 1.54) is 0 Å². The highest BCUT2D eigenvalue weighted by Gasteiger charge is 2.24. The van der Waals surface area contributed by atoms with E-state index in [4.69, 9.17) is 4.74 Å². The Labute approximate surface area is 175 Å².